The summed E-state index contributed by atoms with van der Waals surface area (Å²) in [5, 5.41) is 4.42. The Morgan fingerprint density at radius 1 is 0.788 bits per heavy atom. The Morgan fingerprint density at radius 3 is 1.91 bits per heavy atom. The van der Waals surface area contributed by atoms with Gasteiger partial charge in [-0.1, -0.05) is 54.6 Å². The van der Waals surface area contributed by atoms with Crippen molar-refractivity contribution in [3.63, 3.8) is 0 Å². The molecule has 0 aliphatic carbocycles. The SMILES string of the molecule is CNC(=O)NC(=O)C(OC(=O)c1ccc(-c2ccc(OC(C)=O)cc2)cc1)c1ccccc1. The van der Waals surface area contributed by atoms with E-state index in [1.807, 2.05) is 0 Å². The van der Waals surface area contributed by atoms with Crippen LogP contribution in [0.4, 0.5) is 4.79 Å². The predicted molar refractivity (Wildman–Crippen MR) is 120 cm³/mol. The van der Waals surface area contributed by atoms with E-state index in [9.17, 15) is 19.2 Å². The number of carbonyl (C=O) groups is 4. The van der Waals surface area contributed by atoms with Gasteiger partial charge in [-0.15, -0.1) is 0 Å². The Morgan fingerprint density at radius 2 is 1.36 bits per heavy atom. The third-order valence-corrected chi connectivity index (χ3v) is 4.60. The number of benzene rings is 3. The number of amides is 3. The van der Waals surface area contributed by atoms with Crippen LogP contribution in [0, 0.1) is 0 Å². The molecule has 168 valence electrons. The van der Waals surface area contributed by atoms with Crippen molar-refractivity contribution in [1.29, 1.82) is 0 Å². The maximum absolute atomic E-state index is 12.7. The molecule has 0 bridgehead atoms. The van der Waals surface area contributed by atoms with Gasteiger partial charge in [-0.3, -0.25) is 14.9 Å². The summed E-state index contributed by atoms with van der Waals surface area (Å²) >= 11 is 0. The minimum atomic E-state index is -1.30. The Kier molecular flexibility index (Phi) is 7.54. The van der Waals surface area contributed by atoms with Crippen LogP contribution < -0.4 is 15.4 Å². The Hall–Kier alpha value is -4.46. The van der Waals surface area contributed by atoms with E-state index in [-0.39, 0.29) is 5.56 Å². The van der Waals surface area contributed by atoms with Crippen LogP contribution in [0.5, 0.6) is 5.75 Å². The minimum Gasteiger partial charge on any atom is -0.444 e. The van der Waals surface area contributed by atoms with Gasteiger partial charge in [0, 0.05) is 19.5 Å². The van der Waals surface area contributed by atoms with Crippen LogP contribution in [-0.4, -0.2) is 30.9 Å². The molecule has 0 saturated heterocycles. The average molecular weight is 446 g/mol. The molecule has 33 heavy (non-hydrogen) atoms. The molecule has 0 fully saturated rings. The molecule has 1 atom stereocenters. The molecule has 0 aliphatic rings. The molecule has 0 heterocycles. The molecule has 8 heteroatoms. The third kappa shape index (κ3) is 6.27. The zero-order valence-corrected chi connectivity index (χ0v) is 18.0. The lowest BCUT2D eigenvalue weighted by atomic mass is 10.0. The lowest BCUT2D eigenvalue weighted by Crippen LogP contribution is -2.41. The van der Waals surface area contributed by atoms with Crippen molar-refractivity contribution in [1.82, 2.24) is 10.6 Å². The van der Waals surface area contributed by atoms with Gasteiger partial charge in [0.25, 0.3) is 5.91 Å². The lowest BCUT2D eigenvalue weighted by molar-refractivity contribution is -0.132. The van der Waals surface area contributed by atoms with Gasteiger partial charge in [0.05, 0.1) is 5.56 Å². The molecule has 0 aromatic heterocycles. The van der Waals surface area contributed by atoms with Crippen molar-refractivity contribution in [2.75, 3.05) is 7.05 Å². The van der Waals surface area contributed by atoms with Gasteiger partial charge in [-0.25, -0.2) is 9.59 Å². The fourth-order valence-electron chi connectivity index (χ4n) is 3.00. The normalized spacial score (nSPS) is 11.1. The van der Waals surface area contributed by atoms with Crippen LogP contribution in [0.15, 0.2) is 78.9 Å². The molecule has 0 radical (unpaired) electrons. The first-order chi connectivity index (χ1) is 15.9. The van der Waals surface area contributed by atoms with Crippen molar-refractivity contribution in [3.05, 3.63) is 90.0 Å². The standard InChI is InChI=1S/C25H22N2O6/c1-16(28)32-21-14-12-18(13-15-21)17-8-10-20(11-9-17)24(30)33-22(19-6-4-3-5-7-19)23(29)27-25(31)26-2/h3-15,22H,1-2H3,(H2,26,27,29,31). The number of hydrogen-bond acceptors (Lipinski definition) is 6. The summed E-state index contributed by atoms with van der Waals surface area (Å²) < 4.78 is 10.5. The van der Waals surface area contributed by atoms with Gasteiger partial charge in [-0.2, -0.15) is 0 Å². The molecule has 2 N–H and O–H groups in total. The maximum Gasteiger partial charge on any atom is 0.339 e. The third-order valence-electron chi connectivity index (χ3n) is 4.60. The number of nitrogens with one attached hydrogen (secondary N) is 2. The summed E-state index contributed by atoms with van der Waals surface area (Å²) in [6.45, 7) is 1.33. The molecular weight excluding hydrogens is 424 g/mol. The van der Waals surface area contributed by atoms with E-state index in [1.165, 1.54) is 14.0 Å². The second kappa shape index (κ2) is 10.7. The lowest BCUT2D eigenvalue weighted by Gasteiger charge is -2.17. The van der Waals surface area contributed by atoms with Crippen molar-refractivity contribution < 1.29 is 28.7 Å². The number of esters is 2. The molecule has 0 aliphatic heterocycles. The van der Waals surface area contributed by atoms with E-state index >= 15 is 0 Å². The molecule has 0 saturated carbocycles. The quantitative estimate of drug-likeness (QED) is 0.442. The number of urea groups is 1. The first-order valence-electron chi connectivity index (χ1n) is 10.0. The Labute approximate surface area is 190 Å². The Bertz CT molecular complexity index is 1140. The van der Waals surface area contributed by atoms with Crippen LogP contribution >= 0.6 is 0 Å². The van der Waals surface area contributed by atoms with E-state index in [0.29, 0.717) is 11.3 Å². The van der Waals surface area contributed by atoms with Crippen LogP contribution in [0.3, 0.4) is 0 Å². The zero-order valence-electron chi connectivity index (χ0n) is 18.0. The van der Waals surface area contributed by atoms with Crippen molar-refractivity contribution in [2.24, 2.45) is 0 Å². The summed E-state index contributed by atoms with van der Waals surface area (Å²) in [6.07, 6.45) is -1.30. The number of carbonyl (C=O) groups excluding carboxylic acids is 4. The topological polar surface area (TPSA) is 111 Å². The fraction of sp³-hybridized carbons (Fsp3) is 0.120. The maximum atomic E-state index is 12.7. The van der Waals surface area contributed by atoms with Gasteiger partial charge in [0.2, 0.25) is 6.10 Å². The number of hydrogen-bond donors (Lipinski definition) is 2. The van der Waals surface area contributed by atoms with Crippen LogP contribution in [0.1, 0.15) is 28.9 Å². The van der Waals surface area contributed by atoms with E-state index in [2.05, 4.69) is 10.6 Å². The minimum absolute atomic E-state index is 0.240. The van der Waals surface area contributed by atoms with Crippen molar-refractivity contribution in [3.8, 4) is 16.9 Å². The number of ether oxygens (including phenoxy) is 2. The van der Waals surface area contributed by atoms with Gasteiger partial charge in [0.1, 0.15) is 5.75 Å². The van der Waals surface area contributed by atoms with Crippen molar-refractivity contribution in [2.45, 2.75) is 13.0 Å². The first-order valence-corrected chi connectivity index (χ1v) is 10.0. The highest BCUT2D eigenvalue weighted by Gasteiger charge is 2.27. The molecule has 3 rings (SSSR count). The van der Waals surface area contributed by atoms with E-state index in [0.717, 1.165) is 11.1 Å². The van der Waals surface area contributed by atoms with Crippen LogP contribution in [0.2, 0.25) is 0 Å². The average Bonchev–Trinajstić information content (AvgIpc) is 2.83. The van der Waals surface area contributed by atoms with Crippen LogP contribution in [0.25, 0.3) is 11.1 Å². The number of imide groups is 1. The summed E-state index contributed by atoms with van der Waals surface area (Å²) in [5.41, 5.74) is 2.36. The summed E-state index contributed by atoms with van der Waals surface area (Å²) in [4.78, 5) is 47.9. The molecular formula is C25H22N2O6. The molecule has 3 aromatic rings. The van der Waals surface area contributed by atoms with Gasteiger partial charge >= 0.3 is 18.0 Å². The highest BCUT2D eigenvalue weighted by molar-refractivity contribution is 5.99. The van der Waals surface area contributed by atoms with E-state index < -0.39 is 30.0 Å². The van der Waals surface area contributed by atoms with Crippen molar-refractivity contribution >= 4 is 23.9 Å². The summed E-state index contributed by atoms with van der Waals surface area (Å²) in [6, 6.07) is 21.3. The molecule has 3 aromatic carbocycles. The Balaban J connectivity index is 1.75. The largest absolute Gasteiger partial charge is 0.444 e. The smallest absolute Gasteiger partial charge is 0.339 e. The number of rotatable bonds is 6. The first kappa shape index (κ1) is 23.2. The molecule has 3 amide bonds. The molecule has 8 nitrogen and oxygen atoms in total. The van der Waals surface area contributed by atoms with Gasteiger partial charge in [-0.05, 0) is 35.4 Å². The van der Waals surface area contributed by atoms with Crippen LogP contribution in [-0.2, 0) is 14.3 Å². The molecule has 1 unspecified atom stereocenters. The van der Waals surface area contributed by atoms with E-state index in [1.54, 1.807) is 78.9 Å². The predicted octanol–water partition coefficient (Wildman–Crippen LogP) is 3.63. The fourth-order valence-corrected chi connectivity index (χ4v) is 3.00. The van der Waals surface area contributed by atoms with Gasteiger partial charge in [0.15, 0.2) is 0 Å². The molecule has 0 spiro atoms. The van der Waals surface area contributed by atoms with Gasteiger partial charge < -0.3 is 14.8 Å². The second-order valence-electron chi connectivity index (χ2n) is 6.96. The second-order valence-corrected chi connectivity index (χ2v) is 6.96. The monoisotopic (exact) mass is 446 g/mol. The van der Waals surface area contributed by atoms with E-state index in [4.69, 9.17) is 9.47 Å². The highest BCUT2D eigenvalue weighted by Crippen LogP contribution is 2.24. The highest BCUT2D eigenvalue weighted by atomic mass is 16.5. The summed E-state index contributed by atoms with van der Waals surface area (Å²) in [5.74, 6) is -1.44. The zero-order chi connectivity index (χ0) is 23.8. The summed E-state index contributed by atoms with van der Waals surface area (Å²) in [7, 11) is 1.37.